The quantitative estimate of drug-likeness (QED) is 0.472. The summed E-state index contributed by atoms with van der Waals surface area (Å²) in [5.41, 5.74) is 5.75. The Hall–Kier alpha value is -2.81. The third-order valence-corrected chi connectivity index (χ3v) is 5.68. The first-order chi connectivity index (χ1) is 13.7. The van der Waals surface area contributed by atoms with Crippen LogP contribution in [0.15, 0.2) is 71.6 Å². The smallest absolute Gasteiger partial charge is 0.271 e. The SMILES string of the molecule is O=C(NNc1cccc(Cl)c1)c1cc(S(=O)(=O)Nc2ccc(F)cc2)ccc1Cl. The van der Waals surface area contributed by atoms with Crippen LogP contribution in [0.1, 0.15) is 10.4 Å². The van der Waals surface area contributed by atoms with Crippen LogP contribution < -0.4 is 15.6 Å². The standard InChI is InChI=1S/C19H14Cl2FN3O3S/c20-12-2-1-3-15(10-12)23-24-19(26)17-11-16(8-9-18(17)21)29(27,28)25-14-6-4-13(22)5-7-14/h1-11,23,25H,(H,24,26). The number of halogens is 3. The van der Waals surface area contributed by atoms with Crippen LogP contribution >= 0.6 is 23.2 Å². The van der Waals surface area contributed by atoms with E-state index in [-0.39, 0.29) is 21.2 Å². The highest BCUT2D eigenvalue weighted by atomic mass is 35.5. The summed E-state index contributed by atoms with van der Waals surface area (Å²) in [5.74, 6) is -1.14. The summed E-state index contributed by atoms with van der Waals surface area (Å²) in [6.45, 7) is 0. The Kier molecular flexibility index (Phi) is 6.26. The fourth-order valence-electron chi connectivity index (χ4n) is 2.34. The highest BCUT2D eigenvalue weighted by Crippen LogP contribution is 2.23. The molecule has 0 bridgehead atoms. The van der Waals surface area contributed by atoms with Crippen molar-refractivity contribution in [2.75, 3.05) is 10.1 Å². The molecule has 0 saturated carbocycles. The van der Waals surface area contributed by atoms with Gasteiger partial charge in [-0.05, 0) is 60.7 Å². The minimum Gasteiger partial charge on any atom is -0.298 e. The monoisotopic (exact) mass is 453 g/mol. The van der Waals surface area contributed by atoms with Crippen LogP contribution in [0.25, 0.3) is 0 Å². The van der Waals surface area contributed by atoms with Gasteiger partial charge in [0.25, 0.3) is 15.9 Å². The number of hydrogen-bond donors (Lipinski definition) is 3. The lowest BCUT2D eigenvalue weighted by Crippen LogP contribution is -2.29. The van der Waals surface area contributed by atoms with E-state index in [1.807, 2.05) is 0 Å². The third-order valence-electron chi connectivity index (χ3n) is 3.73. The van der Waals surface area contributed by atoms with E-state index in [1.165, 1.54) is 24.3 Å². The normalized spacial score (nSPS) is 11.0. The molecule has 0 aromatic heterocycles. The van der Waals surface area contributed by atoms with Crippen molar-refractivity contribution in [2.45, 2.75) is 4.90 Å². The molecule has 0 atom stereocenters. The van der Waals surface area contributed by atoms with Crippen LogP contribution in [0.5, 0.6) is 0 Å². The molecule has 0 heterocycles. The number of nitrogens with one attached hydrogen (secondary N) is 3. The minimum atomic E-state index is -4.02. The minimum absolute atomic E-state index is 0.0526. The lowest BCUT2D eigenvalue weighted by atomic mass is 10.2. The first kappa shape index (κ1) is 20.9. The van der Waals surface area contributed by atoms with Gasteiger partial charge in [0, 0.05) is 10.7 Å². The molecule has 3 rings (SSSR count). The maximum atomic E-state index is 13.0. The van der Waals surface area contributed by atoms with Crippen molar-refractivity contribution in [1.82, 2.24) is 5.43 Å². The molecule has 6 nitrogen and oxygen atoms in total. The van der Waals surface area contributed by atoms with Gasteiger partial charge in [-0.2, -0.15) is 0 Å². The van der Waals surface area contributed by atoms with Crippen LogP contribution in [0.2, 0.25) is 10.0 Å². The van der Waals surface area contributed by atoms with Crippen LogP contribution in [0.4, 0.5) is 15.8 Å². The van der Waals surface area contributed by atoms with E-state index in [2.05, 4.69) is 15.6 Å². The van der Waals surface area contributed by atoms with Gasteiger partial charge in [-0.1, -0.05) is 29.3 Å². The molecular formula is C19H14Cl2FN3O3S. The number of hydrazine groups is 1. The predicted molar refractivity (Wildman–Crippen MR) is 111 cm³/mol. The Morgan fingerprint density at radius 3 is 2.31 bits per heavy atom. The molecule has 0 aliphatic heterocycles. The van der Waals surface area contributed by atoms with E-state index < -0.39 is 21.7 Å². The van der Waals surface area contributed by atoms with E-state index in [0.717, 1.165) is 18.2 Å². The fraction of sp³-hybridized carbons (Fsp3) is 0. The molecule has 0 radical (unpaired) electrons. The first-order valence-corrected chi connectivity index (χ1v) is 10.4. The Balaban J connectivity index is 1.79. The van der Waals surface area contributed by atoms with Crippen molar-refractivity contribution in [2.24, 2.45) is 0 Å². The van der Waals surface area contributed by atoms with Crippen molar-refractivity contribution in [3.05, 3.63) is 88.2 Å². The molecule has 3 aromatic carbocycles. The highest BCUT2D eigenvalue weighted by molar-refractivity contribution is 7.92. The fourth-order valence-corrected chi connectivity index (χ4v) is 3.82. The Labute approximate surface area is 176 Å². The molecule has 1 amide bonds. The Morgan fingerprint density at radius 1 is 0.897 bits per heavy atom. The molecule has 10 heteroatoms. The second kappa shape index (κ2) is 8.69. The van der Waals surface area contributed by atoms with Crippen molar-refractivity contribution >= 4 is 50.5 Å². The first-order valence-electron chi connectivity index (χ1n) is 8.14. The van der Waals surface area contributed by atoms with Gasteiger partial charge >= 0.3 is 0 Å². The average molecular weight is 454 g/mol. The van der Waals surface area contributed by atoms with E-state index in [4.69, 9.17) is 23.2 Å². The van der Waals surface area contributed by atoms with Gasteiger partial charge in [-0.3, -0.25) is 20.4 Å². The summed E-state index contributed by atoms with van der Waals surface area (Å²) < 4.78 is 40.5. The van der Waals surface area contributed by atoms with Crippen molar-refractivity contribution < 1.29 is 17.6 Å². The summed E-state index contributed by atoms with van der Waals surface area (Å²) in [4.78, 5) is 12.3. The van der Waals surface area contributed by atoms with Gasteiger partial charge < -0.3 is 0 Å². The number of carbonyl (C=O) groups is 1. The number of benzene rings is 3. The summed E-state index contributed by atoms with van der Waals surface area (Å²) in [7, 11) is -4.02. The molecule has 3 N–H and O–H groups in total. The van der Waals surface area contributed by atoms with Crippen LogP contribution in [0, 0.1) is 5.82 Å². The van der Waals surface area contributed by atoms with Gasteiger partial charge in [0.15, 0.2) is 0 Å². The Bertz CT molecular complexity index is 1160. The number of carbonyl (C=O) groups excluding carboxylic acids is 1. The summed E-state index contributed by atoms with van der Waals surface area (Å²) in [5, 5.41) is 0.540. The maximum Gasteiger partial charge on any atom is 0.271 e. The second-order valence-corrected chi connectivity index (χ2v) is 8.37. The summed E-state index contributed by atoms with van der Waals surface area (Å²) in [6.07, 6.45) is 0. The van der Waals surface area contributed by atoms with E-state index in [1.54, 1.807) is 24.3 Å². The van der Waals surface area contributed by atoms with Gasteiger partial charge in [-0.15, -0.1) is 0 Å². The number of sulfonamides is 1. The second-order valence-electron chi connectivity index (χ2n) is 5.84. The molecule has 0 spiro atoms. The molecular weight excluding hydrogens is 440 g/mol. The third kappa shape index (κ3) is 5.38. The maximum absolute atomic E-state index is 13.0. The number of hydrogen-bond acceptors (Lipinski definition) is 4. The topological polar surface area (TPSA) is 87.3 Å². The highest BCUT2D eigenvalue weighted by Gasteiger charge is 2.19. The van der Waals surface area contributed by atoms with Crippen molar-refractivity contribution in [3.63, 3.8) is 0 Å². The van der Waals surface area contributed by atoms with Crippen LogP contribution in [-0.2, 0) is 10.0 Å². The summed E-state index contributed by atoms with van der Waals surface area (Å²) in [6, 6.07) is 15.2. The lowest BCUT2D eigenvalue weighted by Gasteiger charge is -2.12. The van der Waals surface area contributed by atoms with E-state index in [9.17, 15) is 17.6 Å². The van der Waals surface area contributed by atoms with Crippen LogP contribution in [-0.4, -0.2) is 14.3 Å². The van der Waals surface area contributed by atoms with Crippen LogP contribution in [0.3, 0.4) is 0 Å². The molecule has 0 unspecified atom stereocenters. The molecule has 0 saturated heterocycles. The van der Waals surface area contributed by atoms with Gasteiger partial charge in [0.2, 0.25) is 0 Å². The zero-order chi connectivity index (χ0) is 21.0. The molecule has 0 fully saturated rings. The number of anilines is 2. The Morgan fingerprint density at radius 2 is 1.62 bits per heavy atom. The van der Waals surface area contributed by atoms with Crippen molar-refractivity contribution in [3.8, 4) is 0 Å². The number of rotatable bonds is 6. The molecule has 0 aliphatic carbocycles. The van der Waals surface area contributed by atoms with Gasteiger partial charge in [-0.25, -0.2) is 12.8 Å². The van der Waals surface area contributed by atoms with E-state index in [0.29, 0.717) is 10.7 Å². The van der Waals surface area contributed by atoms with Crippen molar-refractivity contribution in [1.29, 1.82) is 0 Å². The number of amides is 1. The predicted octanol–water partition coefficient (Wildman–Crippen LogP) is 4.69. The zero-order valence-electron chi connectivity index (χ0n) is 14.6. The molecule has 0 aliphatic rings. The van der Waals surface area contributed by atoms with Gasteiger partial charge in [0.05, 0.1) is 21.2 Å². The summed E-state index contributed by atoms with van der Waals surface area (Å²) >= 11 is 11.9. The zero-order valence-corrected chi connectivity index (χ0v) is 16.9. The lowest BCUT2D eigenvalue weighted by molar-refractivity contribution is 0.0962. The average Bonchev–Trinajstić information content (AvgIpc) is 2.68. The molecule has 29 heavy (non-hydrogen) atoms. The van der Waals surface area contributed by atoms with E-state index >= 15 is 0 Å². The van der Waals surface area contributed by atoms with Gasteiger partial charge in [0.1, 0.15) is 5.82 Å². The largest absolute Gasteiger partial charge is 0.298 e. The molecule has 3 aromatic rings. The molecule has 150 valence electrons.